The van der Waals surface area contributed by atoms with Crippen LogP contribution in [0.25, 0.3) is 0 Å². The highest BCUT2D eigenvalue weighted by molar-refractivity contribution is 5.80. The van der Waals surface area contributed by atoms with Crippen LogP contribution in [0.1, 0.15) is 47.0 Å². The van der Waals surface area contributed by atoms with E-state index in [1.54, 1.807) is 0 Å². The van der Waals surface area contributed by atoms with E-state index in [1.807, 2.05) is 13.8 Å². The molecule has 0 aromatic carbocycles. The first kappa shape index (κ1) is 11.4. The topological polar surface area (TPSA) is 17.1 Å². The van der Waals surface area contributed by atoms with Crippen molar-refractivity contribution in [1.82, 2.24) is 0 Å². The fourth-order valence-electron chi connectivity index (χ4n) is 1.38. The van der Waals surface area contributed by atoms with Crippen molar-refractivity contribution in [3.05, 3.63) is 11.6 Å². The van der Waals surface area contributed by atoms with Gasteiger partial charge in [-0.1, -0.05) is 32.4 Å². The Morgan fingerprint density at radius 2 is 2.00 bits per heavy atom. The van der Waals surface area contributed by atoms with Crippen LogP contribution in [0, 0.1) is 5.92 Å². The van der Waals surface area contributed by atoms with E-state index < -0.39 is 0 Å². The molecule has 0 aliphatic heterocycles. The summed E-state index contributed by atoms with van der Waals surface area (Å²) in [6.45, 7) is 8.16. The Bertz CT molecular complexity index is 168. The lowest BCUT2D eigenvalue weighted by atomic mass is 9.96. The molecule has 0 N–H and O–H groups in total. The van der Waals surface area contributed by atoms with Crippen LogP contribution in [0.2, 0.25) is 0 Å². The van der Waals surface area contributed by atoms with E-state index in [1.165, 1.54) is 5.57 Å². The van der Waals surface area contributed by atoms with Gasteiger partial charge in [-0.2, -0.15) is 0 Å². The second-order valence-electron chi connectivity index (χ2n) is 3.38. The molecule has 0 aromatic heterocycles. The lowest BCUT2D eigenvalue weighted by Gasteiger charge is -2.08. The number of ketones is 1. The smallest absolute Gasteiger partial charge is 0.135 e. The van der Waals surface area contributed by atoms with Crippen LogP contribution in [0.3, 0.4) is 0 Å². The molecule has 0 amide bonds. The number of carbonyl (C=O) groups is 1. The Morgan fingerprint density at radius 1 is 1.42 bits per heavy atom. The Hall–Kier alpha value is -0.590. The zero-order chi connectivity index (χ0) is 9.56. The summed E-state index contributed by atoms with van der Waals surface area (Å²) >= 11 is 0. The van der Waals surface area contributed by atoms with Gasteiger partial charge >= 0.3 is 0 Å². The number of allylic oxidation sites excluding steroid dienone is 2. The van der Waals surface area contributed by atoms with E-state index in [-0.39, 0.29) is 5.92 Å². The normalized spacial score (nSPS) is 14.5. The Kier molecular flexibility index (Phi) is 5.69. The summed E-state index contributed by atoms with van der Waals surface area (Å²) in [6, 6.07) is 0. The van der Waals surface area contributed by atoms with E-state index in [4.69, 9.17) is 0 Å². The Labute approximate surface area is 75.9 Å². The summed E-state index contributed by atoms with van der Waals surface area (Å²) in [5, 5.41) is 0. The van der Waals surface area contributed by atoms with Gasteiger partial charge in [0.15, 0.2) is 0 Å². The molecule has 0 aliphatic carbocycles. The summed E-state index contributed by atoms with van der Waals surface area (Å²) < 4.78 is 0. The highest BCUT2D eigenvalue weighted by Crippen LogP contribution is 2.13. The molecule has 1 nitrogen and oxygen atoms in total. The van der Waals surface area contributed by atoms with Crippen LogP contribution in [-0.4, -0.2) is 5.78 Å². The number of hydrogen-bond donors (Lipinski definition) is 0. The molecule has 0 radical (unpaired) electrons. The van der Waals surface area contributed by atoms with Crippen molar-refractivity contribution >= 4 is 5.78 Å². The zero-order valence-corrected chi connectivity index (χ0v) is 8.68. The molecule has 12 heavy (non-hydrogen) atoms. The van der Waals surface area contributed by atoms with Crippen molar-refractivity contribution in [3.8, 4) is 0 Å². The van der Waals surface area contributed by atoms with Crippen LogP contribution < -0.4 is 0 Å². The fourth-order valence-corrected chi connectivity index (χ4v) is 1.38. The van der Waals surface area contributed by atoms with Gasteiger partial charge in [0.05, 0.1) is 0 Å². The summed E-state index contributed by atoms with van der Waals surface area (Å²) in [7, 11) is 0. The van der Waals surface area contributed by atoms with E-state index in [0.717, 1.165) is 12.8 Å². The van der Waals surface area contributed by atoms with E-state index in [9.17, 15) is 4.79 Å². The molecule has 0 aliphatic rings. The second-order valence-corrected chi connectivity index (χ2v) is 3.38. The third-order valence-corrected chi connectivity index (χ3v) is 2.08. The van der Waals surface area contributed by atoms with Crippen molar-refractivity contribution in [2.75, 3.05) is 0 Å². The fraction of sp³-hybridized carbons (Fsp3) is 0.727. The average molecular weight is 168 g/mol. The molecule has 0 fully saturated rings. The summed E-state index contributed by atoms with van der Waals surface area (Å²) in [4.78, 5) is 11.2. The van der Waals surface area contributed by atoms with Gasteiger partial charge in [-0.3, -0.25) is 4.79 Å². The lowest BCUT2D eigenvalue weighted by molar-refractivity contribution is -0.122. The van der Waals surface area contributed by atoms with Gasteiger partial charge in [0.1, 0.15) is 5.78 Å². The minimum Gasteiger partial charge on any atom is -0.299 e. The zero-order valence-electron chi connectivity index (χ0n) is 8.68. The first-order valence-corrected chi connectivity index (χ1v) is 4.80. The third kappa shape index (κ3) is 4.32. The summed E-state index contributed by atoms with van der Waals surface area (Å²) in [5.74, 6) is 0.580. The predicted molar refractivity (Wildman–Crippen MR) is 53.1 cm³/mol. The van der Waals surface area contributed by atoms with Crippen LogP contribution in [-0.2, 0) is 4.79 Å². The quantitative estimate of drug-likeness (QED) is 0.575. The van der Waals surface area contributed by atoms with Crippen LogP contribution in [0.4, 0.5) is 0 Å². The minimum atomic E-state index is 0.206. The first-order chi connectivity index (χ1) is 5.61. The molecule has 0 spiro atoms. The van der Waals surface area contributed by atoms with Gasteiger partial charge in [0.2, 0.25) is 0 Å². The minimum absolute atomic E-state index is 0.206. The lowest BCUT2D eigenvalue weighted by Crippen LogP contribution is -2.09. The second kappa shape index (κ2) is 5.99. The number of carbonyl (C=O) groups excluding carboxylic acids is 1. The van der Waals surface area contributed by atoms with Gasteiger partial charge in [0, 0.05) is 12.3 Å². The maximum absolute atomic E-state index is 11.2. The molecule has 0 aromatic rings. The molecule has 0 unspecified atom stereocenters. The summed E-state index contributed by atoms with van der Waals surface area (Å²) in [6.07, 6.45) is 4.86. The Morgan fingerprint density at radius 3 is 2.42 bits per heavy atom. The van der Waals surface area contributed by atoms with Crippen molar-refractivity contribution in [2.24, 2.45) is 5.92 Å². The molecule has 0 heterocycles. The molecular weight excluding hydrogens is 148 g/mol. The van der Waals surface area contributed by atoms with Crippen molar-refractivity contribution < 1.29 is 4.79 Å². The van der Waals surface area contributed by atoms with E-state index >= 15 is 0 Å². The maximum atomic E-state index is 11.2. The molecule has 0 saturated heterocycles. The molecule has 0 rings (SSSR count). The van der Waals surface area contributed by atoms with Gasteiger partial charge < -0.3 is 0 Å². The third-order valence-electron chi connectivity index (χ3n) is 2.08. The first-order valence-electron chi connectivity index (χ1n) is 4.80. The Balaban J connectivity index is 3.91. The predicted octanol–water partition coefficient (Wildman–Crippen LogP) is 3.35. The highest BCUT2D eigenvalue weighted by atomic mass is 16.1. The molecule has 0 bridgehead atoms. The van der Waals surface area contributed by atoms with Crippen LogP contribution in [0.15, 0.2) is 11.6 Å². The van der Waals surface area contributed by atoms with E-state index in [0.29, 0.717) is 12.2 Å². The number of Topliss-reactive ketones (excluding diaryl/α,β-unsaturated/α-hetero) is 1. The molecular formula is C11H20O. The highest BCUT2D eigenvalue weighted by Gasteiger charge is 2.10. The van der Waals surface area contributed by atoms with Crippen LogP contribution in [0.5, 0.6) is 0 Å². The molecule has 0 saturated carbocycles. The van der Waals surface area contributed by atoms with Crippen molar-refractivity contribution in [1.29, 1.82) is 0 Å². The van der Waals surface area contributed by atoms with E-state index in [2.05, 4.69) is 19.9 Å². The van der Waals surface area contributed by atoms with Crippen molar-refractivity contribution in [2.45, 2.75) is 47.0 Å². The van der Waals surface area contributed by atoms with Gasteiger partial charge in [-0.15, -0.1) is 0 Å². The van der Waals surface area contributed by atoms with Gasteiger partial charge in [0.25, 0.3) is 0 Å². The van der Waals surface area contributed by atoms with Crippen molar-refractivity contribution in [3.63, 3.8) is 0 Å². The molecule has 70 valence electrons. The van der Waals surface area contributed by atoms with Gasteiger partial charge in [-0.05, 0) is 19.8 Å². The maximum Gasteiger partial charge on any atom is 0.135 e. The van der Waals surface area contributed by atoms with Gasteiger partial charge in [-0.25, -0.2) is 0 Å². The summed E-state index contributed by atoms with van der Waals surface area (Å²) in [5.41, 5.74) is 1.34. The van der Waals surface area contributed by atoms with Crippen LogP contribution >= 0.6 is 0 Å². The number of hydrogen-bond acceptors (Lipinski definition) is 1. The number of rotatable bonds is 5. The molecule has 1 atom stereocenters. The molecule has 1 heteroatoms. The monoisotopic (exact) mass is 168 g/mol. The average Bonchev–Trinajstić information content (AvgIpc) is 2.03. The standard InChI is InChI=1S/C11H20O/c1-5-7-9(3)8-10(4)11(12)6-2/h7,10H,5-6,8H2,1-4H3/b9-7+/t10-/m0/s1. The largest absolute Gasteiger partial charge is 0.299 e. The SMILES string of the molecule is CC/C=C(\C)C[C@H](C)C(=O)CC.